The van der Waals surface area contributed by atoms with Crippen LogP contribution in [0.2, 0.25) is 0 Å². The molecule has 0 spiro atoms. The van der Waals surface area contributed by atoms with Gasteiger partial charge in [-0.2, -0.15) is 4.73 Å². The zero-order chi connectivity index (χ0) is 8.72. The normalized spacial score (nSPS) is 10.7. The largest absolute Gasteiger partial charge is 0.427 e. The second kappa shape index (κ2) is 1.97. The first kappa shape index (κ1) is 6.65. The van der Waals surface area contributed by atoms with Crippen LogP contribution in [0.5, 0.6) is 0 Å². The standard InChI is InChI=1S/C5H4N4O3/c10-4-2-3(6-1-9(2)12)7-5(11)8-4/h1,12H,(H2,7,8,10,11). The van der Waals surface area contributed by atoms with Gasteiger partial charge in [0, 0.05) is 0 Å². The smallest absolute Gasteiger partial charge is 0.327 e. The topological polar surface area (TPSA) is 104 Å². The predicted octanol–water partition coefficient (Wildman–Crippen LogP) is -1.35. The summed E-state index contributed by atoms with van der Waals surface area (Å²) < 4.78 is 0.546. The van der Waals surface area contributed by atoms with E-state index < -0.39 is 11.2 Å². The number of aromatic nitrogens is 4. The minimum absolute atomic E-state index is 0.0613. The molecule has 0 aliphatic carbocycles. The van der Waals surface area contributed by atoms with E-state index in [1.54, 1.807) is 0 Å². The summed E-state index contributed by atoms with van der Waals surface area (Å²) in [4.78, 5) is 29.4. The van der Waals surface area contributed by atoms with Gasteiger partial charge in [0.2, 0.25) is 0 Å². The molecule has 0 aliphatic heterocycles. The van der Waals surface area contributed by atoms with Crippen molar-refractivity contribution in [1.29, 1.82) is 0 Å². The molecule has 2 aromatic rings. The zero-order valence-electron chi connectivity index (χ0n) is 5.74. The van der Waals surface area contributed by atoms with Gasteiger partial charge in [0.05, 0.1) is 0 Å². The lowest BCUT2D eigenvalue weighted by molar-refractivity contribution is 0.197. The molecule has 0 radical (unpaired) electrons. The molecule has 2 rings (SSSR count). The van der Waals surface area contributed by atoms with E-state index >= 15 is 0 Å². The summed E-state index contributed by atoms with van der Waals surface area (Å²) >= 11 is 0. The Morgan fingerprint density at radius 2 is 2.17 bits per heavy atom. The molecule has 7 nitrogen and oxygen atoms in total. The number of nitrogens with zero attached hydrogens (tertiary/aromatic N) is 2. The highest BCUT2D eigenvalue weighted by molar-refractivity contribution is 5.68. The molecule has 0 amide bonds. The van der Waals surface area contributed by atoms with Crippen LogP contribution in [-0.4, -0.2) is 24.9 Å². The molecule has 2 aromatic heterocycles. The lowest BCUT2D eigenvalue weighted by atomic mass is 10.5. The molecule has 0 aliphatic rings. The fourth-order valence-electron chi connectivity index (χ4n) is 0.944. The molecular weight excluding hydrogens is 164 g/mol. The van der Waals surface area contributed by atoms with E-state index in [4.69, 9.17) is 5.21 Å². The van der Waals surface area contributed by atoms with E-state index in [2.05, 4.69) is 9.97 Å². The lowest BCUT2D eigenvalue weighted by Crippen LogP contribution is -2.22. The highest BCUT2D eigenvalue weighted by Crippen LogP contribution is 1.97. The van der Waals surface area contributed by atoms with Crippen LogP contribution in [0.15, 0.2) is 15.9 Å². The van der Waals surface area contributed by atoms with Gasteiger partial charge in [-0.15, -0.1) is 0 Å². The number of fused-ring (bicyclic) bond motifs is 1. The maximum absolute atomic E-state index is 11.0. The van der Waals surface area contributed by atoms with Gasteiger partial charge >= 0.3 is 5.69 Å². The molecule has 0 bridgehead atoms. The van der Waals surface area contributed by atoms with Crippen molar-refractivity contribution in [2.45, 2.75) is 0 Å². The monoisotopic (exact) mass is 168 g/mol. The lowest BCUT2D eigenvalue weighted by Gasteiger charge is -1.88. The SMILES string of the molecule is O=c1[nH]c(=O)c2c(ncn2O)[nH]1. The second-order valence-electron chi connectivity index (χ2n) is 2.19. The van der Waals surface area contributed by atoms with Gasteiger partial charge in [0.25, 0.3) is 5.56 Å². The van der Waals surface area contributed by atoms with Crippen molar-refractivity contribution in [2.75, 3.05) is 0 Å². The summed E-state index contributed by atoms with van der Waals surface area (Å²) in [6.45, 7) is 0. The molecule has 12 heavy (non-hydrogen) atoms. The Kier molecular flexibility index (Phi) is 1.09. The van der Waals surface area contributed by atoms with E-state index in [0.29, 0.717) is 4.73 Å². The molecule has 0 aromatic carbocycles. The van der Waals surface area contributed by atoms with Gasteiger partial charge in [-0.25, -0.2) is 9.78 Å². The number of aromatic amines is 2. The van der Waals surface area contributed by atoms with Gasteiger partial charge < -0.3 is 5.21 Å². The molecule has 0 saturated heterocycles. The van der Waals surface area contributed by atoms with Gasteiger partial charge in [0.15, 0.2) is 11.2 Å². The summed E-state index contributed by atoms with van der Waals surface area (Å²) in [6, 6.07) is 0. The number of hydrogen-bond donors (Lipinski definition) is 3. The van der Waals surface area contributed by atoms with Gasteiger partial charge in [-0.05, 0) is 0 Å². The van der Waals surface area contributed by atoms with Crippen LogP contribution in [0.3, 0.4) is 0 Å². The first-order valence-electron chi connectivity index (χ1n) is 3.07. The Morgan fingerprint density at radius 3 is 2.92 bits per heavy atom. The van der Waals surface area contributed by atoms with Crippen LogP contribution >= 0.6 is 0 Å². The quantitative estimate of drug-likeness (QED) is 0.423. The maximum atomic E-state index is 11.0. The third-order valence-electron chi connectivity index (χ3n) is 1.42. The minimum atomic E-state index is -0.672. The maximum Gasteiger partial charge on any atom is 0.327 e. The Hall–Kier alpha value is -2.05. The first-order chi connectivity index (χ1) is 5.68. The Labute approximate surface area is 64.3 Å². The van der Waals surface area contributed by atoms with Crippen LogP contribution in [0.25, 0.3) is 11.2 Å². The van der Waals surface area contributed by atoms with Gasteiger partial charge in [-0.1, -0.05) is 0 Å². The summed E-state index contributed by atoms with van der Waals surface area (Å²) in [7, 11) is 0. The number of rotatable bonds is 0. The van der Waals surface area contributed by atoms with Gasteiger partial charge in [0.1, 0.15) is 6.33 Å². The zero-order valence-corrected chi connectivity index (χ0v) is 5.74. The molecule has 3 N–H and O–H groups in total. The molecule has 62 valence electrons. The van der Waals surface area contributed by atoms with Crippen LogP contribution < -0.4 is 11.2 Å². The number of hydrogen-bond acceptors (Lipinski definition) is 4. The van der Waals surface area contributed by atoms with Crippen molar-refractivity contribution in [3.63, 3.8) is 0 Å². The van der Waals surface area contributed by atoms with Crippen molar-refractivity contribution >= 4 is 11.2 Å². The van der Waals surface area contributed by atoms with Crippen molar-refractivity contribution in [2.24, 2.45) is 0 Å². The molecule has 0 fully saturated rings. The van der Waals surface area contributed by atoms with Crippen LogP contribution in [0.1, 0.15) is 0 Å². The summed E-state index contributed by atoms with van der Waals surface area (Å²) in [5.74, 6) is 0. The third kappa shape index (κ3) is 0.729. The first-order valence-corrected chi connectivity index (χ1v) is 3.07. The molecule has 0 saturated carbocycles. The average molecular weight is 168 g/mol. The molecule has 2 heterocycles. The Bertz CT molecular complexity index is 533. The van der Waals surface area contributed by atoms with Crippen LogP contribution in [-0.2, 0) is 0 Å². The average Bonchev–Trinajstić information content (AvgIpc) is 2.31. The minimum Gasteiger partial charge on any atom is -0.427 e. The number of nitrogens with one attached hydrogen (secondary N) is 2. The van der Waals surface area contributed by atoms with E-state index in [1.807, 2.05) is 4.98 Å². The Balaban J connectivity index is 3.13. The fourth-order valence-corrected chi connectivity index (χ4v) is 0.944. The van der Waals surface area contributed by atoms with E-state index in [1.165, 1.54) is 0 Å². The van der Waals surface area contributed by atoms with E-state index in [0.717, 1.165) is 6.33 Å². The summed E-state index contributed by atoms with van der Waals surface area (Å²) in [5.41, 5.74) is -1.33. The van der Waals surface area contributed by atoms with E-state index in [-0.39, 0.29) is 11.2 Å². The number of H-pyrrole nitrogens is 2. The number of imidazole rings is 1. The molecule has 7 heteroatoms. The molecule has 0 atom stereocenters. The predicted molar refractivity (Wildman–Crippen MR) is 38.2 cm³/mol. The molecular formula is C5H4N4O3. The highest BCUT2D eigenvalue weighted by atomic mass is 16.5. The highest BCUT2D eigenvalue weighted by Gasteiger charge is 2.06. The van der Waals surface area contributed by atoms with Gasteiger partial charge in [-0.3, -0.25) is 14.8 Å². The van der Waals surface area contributed by atoms with E-state index in [9.17, 15) is 9.59 Å². The van der Waals surface area contributed by atoms with Crippen molar-refractivity contribution in [3.8, 4) is 0 Å². The fraction of sp³-hybridized carbons (Fsp3) is 0. The van der Waals surface area contributed by atoms with Crippen molar-refractivity contribution in [3.05, 3.63) is 27.2 Å². The van der Waals surface area contributed by atoms with Crippen LogP contribution in [0.4, 0.5) is 0 Å². The summed E-state index contributed by atoms with van der Waals surface area (Å²) in [5, 5.41) is 9.00. The Morgan fingerprint density at radius 1 is 1.42 bits per heavy atom. The van der Waals surface area contributed by atoms with Crippen molar-refractivity contribution < 1.29 is 5.21 Å². The van der Waals surface area contributed by atoms with Crippen LogP contribution in [0, 0.1) is 0 Å². The third-order valence-corrected chi connectivity index (χ3v) is 1.42. The van der Waals surface area contributed by atoms with Crippen molar-refractivity contribution in [1.82, 2.24) is 19.7 Å². The molecule has 0 unspecified atom stereocenters. The second-order valence-corrected chi connectivity index (χ2v) is 2.19. The summed E-state index contributed by atoms with van der Waals surface area (Å²) in [6.07, 6.45) is 1.02.